The van der Waals surface area contributed by atoms with Crippen molar-refractivity contribution >= 4 is 33.7 Å². The fraction of sp³-hybridized carbons (Fsp3) is 0.316. The lowest BCUT2D eigenvalue weighted by molar-refractivity contribution is -0.0379. The minimum absolute atomic E-state index is 0.0531. The van der Waals surface area contributed by atoms with Crippen LogP contribution in [0.5, 0.6) is 0 Å². The van der Waals surface area contributed by atoms with Crippen molar-refractivity contribution in [1.82, 2.24) is 9.55 Å². The topological polar surface area (TPSA) is 68.5 Å². The van der Waals surface area contributed by atoms with Crippen LogP contribution in [0.25, 0.3) is 10.2 Å². The summed E-state index contributed by atoms with van der Waals surface area (Å²) in [5.74, 6) is 0.424. The highest BCUT2D eigenvalue weighted by atomic mass is 32.1. The van der Waals surface area contributed by atoms with Crippen LogP contribution in [0.3, 0.4) is 0 Å². The minimum Gasteiger partial charge on any atom is -0.370 e. The molecule has 0 saturated carbocycles. The molecule has 3 heterocycles. The average Bonchev–Trinajstić information content (AvgIpc) is 2.96. The van der Waals surface area contributed by atoms with Crippen LogP contribution in [0.1, 0.15) is 29.9 Å². The van der Waals surface area contributed by atoms with Gasteiger partial charge in [0, 0.05) is 18.3 Å². The lowest BCUT2D eigenvalue weighted by Crippen LogP contribution is -2.32. The molecule has 0 aliphatic carbocycles. The van der Waals surface area contributed by atoms with Crippen LogP contribution < -0.4 is 11.0 Å². The first-order valence-corrected chi connectivity index (χ1v) is 9.26. The number of fused-ring (bicyclic) bond motifs is 3. The van der Waals surface area contributed by atoms with Gasteiger partial charge in [0.25, 0.3) is 5.56 Å². The second kappa shape index (κ2) is 6.34. The maximum Gasteiger partial charge on any atom is 0.263 e. The zero-order chi connectivity index (χ0) is 18.3. The molecule has 0 radical (unpaired) electrons. The summed E-state index contributed by atoms with van der Waals surface area (Å²) in [6.07, 6.45) is 2.42. The van der Waals surface area contributed by atoms with E-state index in [0.29, 0.717) is 17.9 Å². The van der Waals surface area contributed by atoms with Crippen molar-refractivity contribution in [3.8, 4) is 0 Å². The number of hydrogen-bond donors (Lipinski definition) is 1. The van der Waals surface area contributed by atoms with E-state index in [2.05, 4.69) is 15.5 Å². The molecule has 0 spiro atoms. The standard InChI is InChI=1S/C19H20N4O2S/c1-19(2)9-13-14(11-25-19)26-16-15(13)17(24)23(3)18(21-16)22-20-10-12-7-5-4-6-8-12/h4-8,10H,9,11H2,1-3H3,(H,21,22)/b20-10+. The zero-order valence-electron chi connectivity index (χ0n) is 14.9. The third-order valence-electron chi connectivity index (χ3n) is 4.49. The van der Waals surface area contributed by atoms with Gasteiger partial charge in [0.1, 0.15) is 4.83 Å². The Morgan fingerprint density at radius 2 is 2.12 bits per heavy atom. The lowest BCUT2D eigenvalue weighted by atomic mass is 9.94. The van der Waals surface area contributed by atoms with Crippen molar-refractivity contribution in [1.29, 1.82) is 0 Å². The summed E-state index contributed by atoms with van der Waals surface area (Å²) in [4.78, 5) is 19.4. The molecule has 6 nitrogen and oxygen atoms in total. The van der Waals surface area contributed by atoms with Crippen LogP contribution in [0.4, 0.5) is 5.95 Å². The molecule has 3 aromatic rings. The first kappa shape index (κ1) is 16.9. The van der Waals surface area contributed by atoms with Gasteiger partial charge in [-0.15, -0.1) is 11.3 Å². The molecular formula is C19H20N4O2S. The van der Waals surface area contributed by atoms with Crippen molar-refractivity contribution in [2.24, 2.45) is 12.1 Å². The predicted molar refractivity (Wildman–Crippen MR) is 105 cm³/mol. The summed E-state index contributed by atoms with van der Waals surface area (Å²) in [7, 11) is 1.71. The molecule has 0 fully saturated rings. The van der Waals surface area contributed by atoms with Crippen LogP contribution in [0, 0.1) is 0 Å². The first-order valence-electron chi connectivity index (χ1n) is 8.44. The lowest BCUT2D eigenvalue weighted by Gasteiger charge is -2.29. The van der Waals surface area contributed by atoms with Crippen LogP contribution in [-0.2, 0) is 24.8 Å². The molecule has 7 heteroatoms. The number of hydrazone groups is 1. The van der Waals surface area contributed by atoms with Crippen molar-refractivity contribution < 1.29 is 4.74 Å². The van der Waals surface area contributed by atoms with Gasteiger partial charge >= 0.3 is 0 Å². The van der Waals surface area contributed by atoms with Crippen molar-refractivity contribution in [2.45, 2.75) is 32.5 Å². The van der Waals surface area contributed by atoms with Gasteiger partial charge in [-0.05, 0) is 25.0 Å². The summed E-state index contributed by atoms with van der Waals surface area (Å²) >= 11 is 1.53. The summed E-state index contributed by atoms with van der Waals surface area (Å²) in [5, 5.41) is 4.92. The molecule has 0 atom stereocenters. The normalized spacial score (nSPS) is 16.1. The number of aromatic nitrogens is 2. The van der Waals surface area contributed by atoms with E-state index in [0.717, 1.165) is 27.3 Å². The van der Waals surface area contributed by atoms with Gasteiger partial charge in [0.05, 0.1) is 23.8 Å². The number of benzene rings is 1. The van der Waals surface area contributed by atoms with E-state index in [1.807, 2.05) is 44.2 Å². The molecule has 1 aromatic carbocycles. The minimum atomic E-state index is -0.261. The number of ether oxygens (including phenoxy) is 1. The van der Waals surface area contributed by atoms with E-state index in [1.54, 1.807) is 13.3 Å². The molecule has 1 N–H and O–H groups in total. The van der Waals surface area contributed by atoms with Gasteiger partial charge in [0.2, 0.25) is 5.95 Å². The van der Waals surface area contributed by atoms with Gasteiger partial charge in [-0.2, -0.15) is 5.10 Å². The Hall–Kier alpha value is -2.51. The van der Waals surface area contributed by atoms with E-state index >= 15 is 0 Å². The smallest absolute Gasteiger partial charge is 0.263 e. The Kier molecular flexibility index (Phi) is 4.13. The van der Waals surface area contributed by atoms with E-state index < -0.39 is 0 Å². The molecule has 26 heavy (non-hydrogen) atoms. The Labute approximate surface area is 155 Å². The summed E-state index contributed by atoms with van der Waals surface area (Å²) in [6.45, 7) is 4.62. The van der Waals surface area contributed by atoms with Crippen molar-refractivity contribution in [3.05, 3.63) is 56.7 Å². The molecular weight excluding hydrogens is 348 g/mol. The Bertz CT molecular complexity index is 1050. The maximum absolute atomic E-state index is 12.9. The highest BCUT2D eigenvalue weighted by Gasteiger charge is 2.31. The van der Waals surface area contributed by atoms with Crippen molar-refractivity contribution in [3.63, 3.8) is 0 Å². The molecule has 2 aromatic heterocycles. The predicted octanol–water partition coefficient (Wildman–Crippen LogP) is 3.29. The van der Waals surface area contributed by atoms with Crippen LogP contribution in [0.2, 0.25) is 0 Å². The number of nitrogens with one attached hydrogen (secondary N) is 1. The number of nitrogens with zero attached hydrogens (tertiary/aromatic N) is 3. The first-order chi connectivity index (χ1) is 12.4. The van der Waals surface area contributed by atoms with Crippen LogP contribution in [-0.4, -0.2) is 21.4 Å². The molecule has 0 unspecified atom stereocenters. The van der Waals surface area contributed by atoms with E-state index in [4.69, 9.17) is 4.74 Å². The Morgan fingerprint density at radius 3 is 2.88 bits per heavy atom. The SMILES string of the molecule is Cn1c(N/N=C/c2ccccc2)nc2sc3c(c2c1=O)CC(C)(C)OC3. The summed E-state index contributed by atoms with van der Waals surface area (Å²) in [6, 6.07) is 9.75. The monoisotopic (exact) mass is 368 g/mol. The quantitative estimate of drug-likeness (QED) is 0.569. The number of rotatable bonds is 3. The molecule has 0 bridgehead atoms. The van der Waals surface area contributed by atoms with Gasteiger partial charge in [-0.3, -0.25) is 9.36 Å². The Morgan fingerprint density at radius 1 is 1.35 bits per heavy atom. The third-order valence-corrected chi connectivity index (χ3v) is 5.59. The number of thiophene rings is 1. The van der Waals surface area contributed by atoms with Gasteiger partial charge in [-0.1, -0.05) is 30.3 Å². The average molecular weight is 368 g/mol. The highest BCUT2D eigenvalue weighted by Crippen LogP contribution is 2.37. The fourth-order valence-electron chi connectivity index (χ4n) is 3.08. The Balaban J connectivity index is 1.71. The molecule has 1 aliphatic heterocycles. The fourth-order valence-corrected chi connectivity index (χ4v) is 4.17. The number of anilines is 1. The van der Waals surface area contributed by atoms with Gasteiger partial charge in [-0.25, -0.2) is 10.4 Å². The highest BCUT2D eigenvalue weighted by molar-refractivity contribution is 7.18. The van der Waals surface area contributed by atoms with E-state index in [1.165, 1.54) is 15.9 Å². The molecule has 0 saturated heterocycles. The molecule has 0 amide bonds. The largest absolute Gasteiger partial charge is 0.370 e. The molecule has 4 rings (SSSR count). The molecule has 134 valence electrons. The van der Waals surface area contributed by atoms with Crippen LogP contribution >= 0.6 is 11.3 Å². The third kappa shape index (κ3) is 3.04. The number of hydrogen-bond acceptors (Lipinski definition) is 6. The van der Waals surface area contributed by atoms with Gasteiger partial charge in [0.15, 0.2) is 0 Å². The second-order valence-electron chi connectivity index (χ2n) is 6.99. The second-order valence-corrected chi connectivity index (χ2v) is 8.07. The zero-order valence-corrected chi connectivity index (χ0v) is 15.8. The summed E-state index contributed by atoms with van der Waals surface area (Å²) < 4.78 is 7.38. The van der Waals surface area contributed by atoms with E-state index in [-0.39, 0.29) is 11.2 Å². The molecule has 1 aliphatic rings. The van der Waals surface area contributed by atoms with Crippen molar-refractivity contribution in [2.75, 3.05) is 5.43 Å². The summed E-state index contributed by atoms with van der Waals surface area (Å²) in [5.41, 5.74) is 4.62. The van der Waals surface area contributed by atoms with Gasteiger partial charge < -0.3 is 4.74 Å². The van der Waals surface area contributed by atoms with Crippen LogP contribution in [0.15, 0.2) is 40.2 Å². The maximum atomic E-state index is 12.9. The van der Waals surface area contributed by atoms with E-state index in [9.17, 15) is 4.79 Å².